The van der Waals surface area contributed by atoms with Crippen LogP contribution in [0.1, 0.15) is 40.5 Å². The molecule has 0 radical (unpaired) electrons. The van der Waals surface area contributed by atoms with E-state index in [1.807, 2.05) is 13.0 Å². The molecule has 0 aromatic carbocycles. The Morgan fingerprint density at radius 3 is 2.31 bits per heavy atom. The van der Waals surface area contributed by atoms with E-state index in [2.05, 4.69) is 20.8 Å². The number of fused-ring (bicyclic) bond motifs is 2. The Hall–Kier alpha value is -0.590. The van der Waals surface area contributed by atoms with Gasteiger partial charge in [0.05, 0.1) is 0 Å². The molecular weight excluding hydrogens is 160 g/mol. The number of Topliss-reactive ketones (excluding diaryl/α,β-unsaturated/α-hetero) is 1. The summed E-state index contributed by atoms with van der Waals surface area (Å²) in [5.41, 5.74) is 1.43. The van der Waals surface area contributed by atoms with Crippen molar-refractivity contribution < 1.29 is 4.79 Å². The molecule has 2 fully saturated rings. The third kappa shape index (κ3) is 0.762. The topological polar surface area (TPSA) is 17.1 Å². The van der Waals surface area contributed by atoms with E-state index >= 15 is 0 Å². The Bertz CT molecular complexity index is 298. The van der Waals surface area contributed by atoms with Crippen molar-refractivity contribution in [3.63, 3.8) is 0 Å². The molecule has 0 heterocycles. The molecule has 13 heavy (non-hydrogen) atoms. The SMILES string of the molecule is C/C=C1/C(=O)C2CCC1(C)C2(C)C. The van der Waals surface area contributed by atoms with Crippen molar-refractivity contribution in [3.05, 3.63) is 11.6 Å². The van der Waals surface area contributed by atoms with E-state index in [-0.39, 0.29) is 10.8 Å². The van der Waals surface area contributed by atoms with Gasteiger partial charge in [-0.3, -0.25) is 4.79 Å². The van der Waals surface area contributed by atoms with Crippen LogP contribution in [0.15, 0.2) is 11.6 Å². The molecule has 72 valence electrons. The smallest absolute Gasteiger partial charge is 0.162 e. The van der Waals surface area contributed by atoms with Crippen molar-refractivity contribution in [2.24, 2.45) is 16.7 Å². The van der Waals surface area contributed by atoms with E-state index in [1.165, 1.54) is 6.42 Å². The maximum atomic E-state index is 12.0. The molecule has 2 saturated carbocycles. The number of carbonyl (C=O) groups is 1. The average molecular weight is 178 g/mol. The largest absolute Gasteiger partial charge is 0.294 e. The van der Waals surface area contributed by atoms with Gasteiger partial charge in [0, 0.05) is 11.3 Å². The quantitative estimate of drug-likeness (QED) is 0.521. The second kappa shape index (κ2) is 2.26. The summed E-state index contributed by atoms with van der Waals surface area (Å²) >= 11 is 0. The van der Waals surface area contributed by atoms with Crippen LogP contribution >= 0.6 is 0 Å². The molecular formula is C12H18O. The first kappa shape index (κ1) is 8.98. The lowest BCUT2D eigenvalue weighted by molar-refractivity contribution is -0.119. The summed E-state index contributed by atoms with van der Waals surface area (Å²) in [5.74, 6) is 0.713. The maximum Gasteiger partial charge on any atom is 0.162 e. The van der Waals surface area contributed by atoms with Gasteiger partial charge in [0.15, 0.2) is 5.78 Å². The number of allylic oxidation sites excluding steroid dienone is 2. The zero-order valence-electron chi connectivity index (χ0n) is 8.98. The third-order valence-electron chi connectivity index (χ3n) is 4.69. The van der Waals surface area contributed by atoms with Gasteiger partial charge in [0.1, 0.15) is 0 Å². The van der Waals surface area contributed by atoms with E-state index in [0.717, 1.165) is 12.0 Å². The normalized spacial score (nSPS) is 44.8. The average Bonchev–Trinajstić information content (AvgIpc) is 2.32. The van der Waals surface area contributed by atoms with E-state index in [4.69, 9.17) is 0 Å². The monoisotopic (exact) mass is 178 g/mol. The number of hydrogen-bond donors (Lipinski definition) is 0. The highest BCUT2D eigenvalue weighted by molar-refractivity contribution is 6.03. The van der Waals surface area contributed by atoms with Gasteiger partial charge < -0.3 is 0 Å². The van der Waals surface area contributed by atoms with Crippen LogP contribution in [-0.2, 0) is 4.79 Å². The molecule has 0 aromatic heterocycles. The Morgan fingerprint density at radius 1 is 1.38 bits per heavy atom. The van der Waals surface area contributed by atoms with Gasteiger partial charge in [0.25, 0.3) is 0 Å². The Balaban J connectivity index is 2.59. The van der Waals surface area contributed by atoms with Crippen molar-refractivity contribution in [1.82, 2.24) is 0 Å². The molecule has 0 saturated heterocycles. The highest BCUT2D eigenvalue weighted by Crippen LogP contribution is 2.66. The van der Waals surface area contributed by atoms with Gasteiger partial charge >= 0.3 is 0 Å². The maximum absolute atomic E-state index is 12.0. The molecule has 2 rings (SSSR count). The molecule has 1 heteroatoms. The van der Waals surface area contributed by atoms with Crippen LogP contribution in [0, 0.1) is 16.7 Å². The van der Waals surface area contributed by atoms with Crippen LogP contribution in [0.4, 0.5) is 0 Å². The summed E-state index contributed by atoms with van der Waals surface area (Å²) < 4.78 is 0. The molecule has 0 spiro atoms. The second-order valence-corrected chi connectivity index (χ2v) is 5.21. The van der Waals surface area contributed by atoms with Crippen LogP contribution < -0.4 is 0 Å². The lowest BCUT2D eigenvalue weighted by Crippen LogP contribution is -2.27. The fourth-order valence-electron chi connectivity index (χ4n) is 3.36. The second-order valence-electron chi connectivity index (χ2n) is 5.21. The number of rotatable bonds is 0. The summed E-state index contributed by atoms with van der Waals surface area (Å²) in [6.07, 6.45) is 4.32. The number of ketones is 1. The lowest BCUT2D eigenvalue weighted by atomic mass is 9.69. The summed E-state index contributed by atoms with van der Waals surface area (Å²) in [6, 6.07) is 0. The first-order chi connectivity index (χ1) is 5.95. The summed E-state index contributed by atoms with van der Waals surface area (Å²) in [4.78, 5) is 12.0. The van der Waals surface area contributed by atoms with Crippen molar-refractivity contribution >= 4 is 5.78 Å². The van der Waals surface area contributed by atoms with Crippen LogP contribution in [0.5, 0.6) is 0 Å². The van der Waals surface area contributed by atoms with Crippen LogP contribution in [0.2, 0.25) is 0 Å². The molecule has 0 amide bonds. The van der Waals surface area contributed by atoms with Crippen LogP contribution in [0.3, 0.4) is 0 Å². The minimum absolute atomic E-state index is 0.156. The van der Waals surface area contributed by atoms with Crippen molar-refractivity contribution in [3.8, 4) is 0 Å². The van der Waals surface area contributed by atoms with Gasteiger partial charge in [-0.15, -0.1) is 0 Å². The summed E-state index contributed by atoms with van der Waals surface area (Å²) in [5, 5.41) is 0. The van der Waals surface area contributed by atoms with Crippen molar-refractivity contribution in [2.45, 2.75) is 40.5 Å². The van der Waals surface area contributed by atoms with Crippen LogP contribution in [0.25, 0.3) is 0 Å². The van der Waals surface area contributed by atoms with E-state index in [1.54, 1.807) is 0 Å². The van der Waals surface area contributed by atoms with Gasteiger partial charge in [-0.25, -0.2) is 0 Å². The van der Waals surface area contributed by atoms with Crippen molar-refractivity contribution in [2.75, 3.05) is 0 Å². The van der Waals surface area contributed by atoms with Crippen molar-refractivity contribution in [1.29, 1.82) is 0 Å². The third-order valence-corrected chi connectivity index (χ3v) is 4.69. The number of hydrogen-bond acceptors (Lipinski definition) is 1. The Kier molecular flexibility index (Phi) is 1.56. The predicted octanol–water partition coefficient (Wildman–Crippen LogP) is 2.96. The fraction of sp³-hybridized carbons (Fsp3) is 0.750. The zero-order valence-corrected chi connectivity index (χ0v) is 8.98. The predicted molar refractivity (Wildman–Crippen MR) is 53.4 cm³/mol. The Morgan fingerprint density at radius 2 is 2.00 bits per heavy atom. The first-order valence-corrected chi connectivity index (χ1v) is 5.16. The van der Waals surface area contributed by atoms with E-state index < -0.39 is 0 Å². The highest BCUT2D eigenvalue weighted by Gasteiger charge is 2.63. The summed E-state index contributed by atoms with van der Waals surface area (Å²) in [7, 11) is 0. The highest BCUT2D eigenvalue weighted by atomic mass is 16.1. The molecule has 0 aliphatic heterocycles. The van der Waals surface area contributed by atoms with Gasteiger partial charge in [-0.05, 0) is 30.8 Å². The standard InChI is InChI=1S/C12H18O/c1-5-8-10(13)9-6-7-12(8,4)11(9,2)3/h5,9H,6-7H2,1-4H3/b8-5-. The van der Waals surface area contributed by atoms with Gasteiger partial charge in [-0.2, -0.15) is 0 Å². The molecule has 2 unspecified atom stereocenters. The number of carbonyl (C=O) groups excluding carboxylic acids is 1. The minimum atomic E-state index is 0.156. The van der Waals surface area contributed by atoms with Crippen LogP contribution in [-0.4, -0.2) is 5.78 Å². The first-order valence-electron chi connectivity index (χ1n) is 5.16. The molecule has 0 aromatic rings. The zero-order chi connectivity index (χ0) is 9.85. The van der Waals surface area contributed by atoms with Gasteiger partial charge in [0.2, 0.25) is 0 Å². The Labute approximate surface area is 80.2 Å². The molecule has 0 N–H and O–H groups in total. The molecule has 2 atom stereocenters. The summed E-state index contributed by atoms with van der Waals surface area (Å²) in [6.45, 7) is 8.75. The molecule has 1 nitrogen and oxygen atoms in total. The van der Waals surface area contributed by atoms with E-state index in [9.17, 15) is 4.79 Å². The molecule has 2 bridgehead atoms. The van der Waals surface area contributed by atoms with E-state index in [0.29, 0.717) is 11.7 Å². The molecule has 2 aliphatic rings. The lowest BCUT2D eigenvalue weighted by Gasteiger charge is -2.34. The van der Waals surface area contributed by atoms with Gasteiger partial charge in [-0.1, -0.05) is 26.8 Å². The fourth-order valence-corrected chi connectivity index (χ4v) is 3.36. The molecule has 2 aliphatic carbocycles. The minimum Gasteiger partial charge on any atom is -0.294 e.